The molecule has 0 spiro atoms. The fraction of sp³-hybridized carbons (Fsp3) is 0.571. The molecule has 1 fully saturated rings. The van der Waals surface area contributed by atoms with Crippen molar-refractivity contribution in [3.05, 3.63) is 33.8 Å². The molecule has 1 atom stereocenters. The van der Waals surface area contributed by atoms with Crippen LogP contribution >= 0.6 is 15.9 Å². The predicted octanol–water partition coefficient (Wildman–Crippen LogP) is 3.00. The molecule has 18 heavy (non-hydrogen) atoms. The number of ether oxygens (including phenoxy) is 2. The van der Waals surface area contributed by atoms with Crippen LogP contribution in [0.15, 0.2) is 22.7 Å². The van der Waals surface area contributed by atoms with E-state index in [1.54, 1.807) is 0 Å². The van der Waals surface area contributed by atoms with Gasteiger partial charge in [-0.1, -0.05) is 28.1 Å². The van der Waals surface area contributed by atoms with Crippen LogP contribution in [0.1, 0.15) is 25.0 Å². The quantitative estimate of drug-likeness (QED) is 0.927. The first-order valence-electron chi connectivity index (χ1n) is 6.24. The molecule has 2 rings (SSSR count). The van der Waals surface area contributed by atoms with Crippen molar-refractivity contribution >= 4 is 15.9 Å². The van der Waals surface area contributed by atoms with Crippen LogP contribution in [0.2, 0.25) is 0 Å². The van der Waals surface area contributed by atoms with Gasteiger partial charge < -0.3 is 14.8 Å². The Labute approximate surface area is 117 Å². The van der Waals surface area contributed by atoms with E-state index in [9.17, 15) is 0 Å². The highest BCUT2D eigenvalue weighted by Gasteiger charge is 2.32. The van der Waals surface area contributed by atoms with Crippen molar-refractivity contribution in [3.63, 3.8) is 0 Å². The summed E-state index contributed by atoms with van der Waals surface area (Å²) in [5.41, 5.74) is 2.53. The van der Waals surface area contributed by atoms with Crippen molar-refractivity contribution in [2.75, 3.05) is 13.2 Å². The highest BCUT2D eigenvalue weighted by atomic mass is 79.9. The zero-order valence-electron chi connectivity index (χ0n) is 11.1. The van der Waals surface area contributed by atoms with Gasteiger partial charge in [-0.15, -0.1) is 0 Å². The Hall–Kier alpha value is -0.420. The molecule has 0 aliphatic carbocycles. The third kappa shape index (κ3) is 3.79. The Bertz CT molecular complexity index is 420. The maximum atomic E-state index is 5.74. The molecule has 0 bridgehead atoms. The highest BCUT2D eigenvalue weighted by Crippen LogP contribution is 2.22. The largest absolute Gasteiger partial charge is 0.348 e. The third-order valence-corrected chi connectivity index (χ3v) is 3.70. The molecule has 0 aromatic heterocycles. The molecular weight excluding hydrogens is 294 g/mol. The van der Waals surface area contributed by atoms with E-state index in [4.69, 9.17) is 9.47 Å². The van der Waals surface area contributed by atoms with E-state index in [0.717, 1.165) is 17.6 Å². The Balaban J connectivity index is 1.79. The molecule has 1 aromatic carbocycles. The minimum absolute atomic E-state index is 0.143. The summed E-state index contributed by atoms with van der Waals surface area (Å²) in [6, 6.07) is 6.40. The Morgan fingerprint density at radius 1 is 1.44 bits per heavy atom. The third-order valence-electron chi connectivity index (χ3n) is 2.96. The Kier molecular flexibility index (Phi) is 4.43. The summed E-state index contributed by atoms with van der Waals surface area (Å²) in [5.74, 6) is -0.434. The van der Waals surface area contributed by atoms with Crippen LogP contribution in [0, 0.1) is 6.92 Å². The van der Waals surface area contributed by atoms with Crippen molar-refractivity contribution in [1.82, 2.24) is 5.32 Å². The van der Waals surface area contributed by atoms with E-state index in [1.807, 2.05) is 13.8 Å². The van der Waals surface area contributed by atoms with Gasteiger partial charge in [0.1, 0.15) is 0 Å². The van der Waals surface area contributed by atoms with Crippen LogP contribution in [0.5, 0.6) is 0 Å². The van der Waals surface area contributed by atoms with E-state index < -0.39 is 5.79 Å². The van der Waals surface area contributed by atoms with Gasteiger partial charge in [-0.3, -0.25) is 0 Å². The van der Waals surface area contributed by atoms with E-state index in [0.29, 0.717) is 6.61 Å². The Morgan fingerprint density at radius 3 is 2.83 bits per heavy atom. The lowest BCUT2D eigenvalue weighted by atomic mass is 10.1. The number of nitrogens with one attached hydrogen (secondary N) is 1. The van der Waals surface area contributed by atoms with Crippen LogP contribution in [0.4, 0.5) is 0 Å². The smallest absolute Gasteiger partial charge is 0.163 e. The van der Waals surface area contributed by atoms with Crippen LogP contribution in [-0.4, -0.2) is 25.0 Å². The first kappa shape index (κ1) is 14.0. The summed E-state index contributed by atoms with van der Waals surface area (Å²) in [6.45, 7) is 8.29. The molecule has 0 amide bonds. The van der Waals surface area contributed by atoms with Gasteiger partial charge >= 0.3 is 0 Å². The summed E-state index contributed by atoms with van der Waals surface area (Å²) < 4.78 is 12.4. The van der Waals surface area contributed by atoms with E-state index in [1.165, 1.54) is 11.1 Å². The number of benzene rings is 1. The molecule has 1 N–H and O–H groups in total. The fourth-order valence-corrected chi connectivity index (χ4v) is 2.66. The first-order valence-corrected chi connectivity index (χ1v) is 7.03. The summed E-state index contributed by atoms with van der Waals surface area (Å²) >= 11 is 3.58. The standard InChI is InChI=1S/C14H20BrNO2/c1-10-4-5-11(13(15)6-10)7-16-8-12-9-17-14(2,3)18-12/h4-6,12,16H,7-9H2,1-3H3. The van der Waals surface area contributed by atoms with Crippen molar-refractivity contribution in [3.8, 4) is 0 Å². The van der Waals surface area contributed by atoms with Crippen molar-refractivity contribution in [2.24, 2.45) is 0 Å². The number of halogens is 1. The van der Waals surface area contributed by atoms with Crippen LogP contribution in [0.3, 0.4) is 0 Å². The average Bonchev–Trinajstić information content (AvgIpc) is 2.61. The van der Waals surface area contributed by atoms with Gasteiger partial charge in [0.05, 0.1) is 12.7 Å². The lowest BCUT2D eigenvalue weighted by Crippen LogP contribution is -2.30. The number of rotatable bonds is 4. The predicted molar refractivity (Wildman–Crippen MR) is 75.5 cm³/mol. The summed E-state index contributed by atoms with van der Waals surface area (Å²) in [7, 11) is 0. The Morgan fingerprint density at radius 2 is 2.22 bits per heavy atom. The monoisotopic (exact) mass is 313 g/mol. The van der Waals surface area contributed by atoms with E-state index in [-0.39, 0.29) is 6.10 Å². The minimum Gasteiger partial charge on any atom is -0.348 e. The maximum Gasteiger partial charge on any atom is 0.163 e. The van der Waals surface area contributed by atoms with Gasteiger partial charge in [-0.25, -0.2) is 0 Å². The SMILES string of the molecule is Cc1ccc(CNCC2COC(C)(C)O2)c(Br)c1. The molecule has 1 unspecified atom stereocenters. The van der Waals surface area contributed by atoms with Crippen LogP contribution in [0.25, 0.3) is 0 Å². The first-order chi connectivity index (χ1) is 8.46. The molecule has 1 heterocycles. The molecular formula is C14H20BrNO2. The van der Waals surface area contributed by atoms with Gasteiger partial charge in [-0.2, -0.15) is 0 Å². The average molecular weight is 314 g/mol. The second-order valence-corrected chi connectivity index (χ2v) is 6.03. The summed E-state index contributed by atoms with van der Waals surface area (Å²) in [6.07, 6.45) is 0.143. The fourth-order valence-electron chi connectivity index (χ4n) is 2.03. The minimum atomic E-state index is -0.434. The van der Waals surface area contributed by atoms with Gasteiger partial charge in [0.25, 0.3) is 0 Å². The molecule has 0 saturated carbocycles. The van der Waals surface area contributed by atoms with E-state index in [2.05, 4.69) is 46.4 Å². The normalized spacial score (nSPS) is 22.3. The molecule has 3 nitrogen and oxygen atoms in total. The van der Waals surface area contributed by atoms with Crippen molar-refractivity contribution < 1.29 is 9.47 Å². The molecule has 1 aromatic rings. The lowest BCUT2D eigenvalue weighted by molar-refractivity contribution is -0.137. The zero-order chi connectivity index (χ0) is 13.2. The molecule has 4 heteroatoms. The second-order valence-electron chi connectivity index (χ2n) is 5.18. The van der Waals surface area contributed by atoms with Gasteiger partial charge in [0.2, 0.25) is 0 Å². The number of aryl methyl sites for hydroxylation is 1. The highest BCUT2D eigenvalue weighted by molar-refractivity contribution is 9.10. The van der Waals surface area contributed by atoms with Gasteiger partial charge in [-0.05, 0) is 38.0 Å². The topological polar surface area (TPSA) is 30.5 Å². The second kappa shape index (κ2) is 5.70. The van der Waals surface area contributed by atoms with Crippen LogP contribution < -0.4 is 5.32 Å². The van der Waals surface area contributed by atoms with Crippen LogP contribution in [-0.2, 0) is 16.0 Å². The number of hydrogen-bond acceptors (Lipinski definition) is 3. The maximum absolute atomic E-state index is 5.74. The van der Waals surface area contributed by atoms with Crippen molar-refractivity contribution in [1.29, 1.82) is 0 Å². The zero-order valence-corrected chi connectivity index (χ0v) is 12.7. The van der Waals surface area contributed by atoms with E-state index >= 15 is 0 Å². The lowest BCUT2D eigenvalue weighted by Gasteiger charge is -2.17. The summed E-state index contributed by atoms with van der Waals surface area (Å²) in [5, 5.41) is 3.41. The van der Waals surface area contributed by atoms with Crippen molar-refractivity contribution in [2.45, 2.75) is 39.2 Å². The summed E-state index contributed by atoms with van der Waals surface area (Å²) in [4.78, 5) is 0. The van der Waals surface area contributed by atoms with Gasteiger partial charge in [0.15, 0.2) is 5.79 Å². The molecule has 0 radical (unpaired) electrons. The molecule has 1 saturated heterocycles. The molecule has 100 valence electrons. The molecule has 1 aliphatic rings. The number of hydrogen-bond donors (Lipinski definition) is 1. The molecule has 1 aliphatic heterocycles. The van der Waals surface area contributed by atoms with Gasteiger partial charge in [0, 0.05) is 17.6 Å².